The van der Waals surface area contributed by atoms with Crippen molar-refractivity contribution in [3.05, 3.63) is 68.3 Å². The Bertz CT molecular complexity index is 1210. The van der Waals surface area contributed by atoms with E-state index in [4.69, 9.17) is 16.3 Å². The van der Waals surface area contributed by atoms with Crippen molar-refractivity contribution in [1.29, 1.82) is 0 Å². The van der Waals surface area contributed by atoms with Crippen molar-refractivity contribution in [2.45, 2.75) is 11.3 Å². The quantitative estimate of drug-likeness (QED) is 0.433. The van der Waals surface area contributed by atoms with Crippen LogP contribution in [0.5, 0.6) is 5.75 Å². The number of hydrogen-bond acceptors (Lipinski definition) is 6. The molecular weight excluding hydrogens is 541 g/mol. The molecule has 2 aromatic carbocycles. The van der Waals surface area contributed by atoms with Crippen LogP contribution in [0.1, 0.15) is 11.3 Å². The summed E-state index contributed by atoms with van der Waals surface area (Å²) < 4.78 is 47.3. The molecule has 1 saturated heterocycles. The molecule has 170 valence electrons. The molecule has 0 aliphatic carbocycles. The highest BCUT2D eigenvalue weighted by Crippen LogP contribution is 2.31. The molecule has 1 aliphatic rings. The number of hydrogen-bond donors (Lipinski definition) is 0. The summed E-state index contributed by atoms with van der Waals surface area (Å²) in [5.41, 5.74) is 1.58. The molecule has 1 aromatic heterocycles. The number of piperazine rings is 1. The monoisotopic (exact) mass is 559 g/mol. The van der Waals surface area contributed by atoms with Crippen LogP contribution < -0.4 is 9.64 Å². The topological polar surface area (TPSA) is 62.7 Å². The van der Waals surface area contributed by atoms with Crippen LogP contribution in [0.3, 0.4) is 0 Å². The first-order chi connectivity index (χ1) is 15.3. The van der Waals surface area contributed by atoms with E-state index >= 15 is 0 Å². The highest BCUT2D eigenvalue weighted by Gasteiger charge is 2.31. The summed E-state index contributed by atoms with van der Waals surface area (Å²) in [6, 6.07) is 9.39. The van der Waals surface area contributed by atoms with E-state index in [-0.39, 0.29) is 10.7 Å². The third-order valence-electron chi connectivity index (χ3n) is 5.10. The second-order valence-corrected chi connectivity index (χ2v) is 11.4. The van der Waals surface area contributed by atoms with Crippen LogP contribution in [0.2, 0.25) is 5.02 Å². The largest absolute Gasteiger partial charge is 0.495 e. The standard InChI is InChI=1S/C21H20BrClFN3O3S2/c1-30-19-3-2-15(22)11-20(19)32(28,29)27-6-4-26(5-7-27)21-25-18(13-31-21)10-14-8-16(23)12-17(24)9-14/h2-3,8-9,11-13H,4-7,10H2,1H3. The molecule has 0 spiro atoms. The van der Waals surface area contributed by atoms with Gasteiger partial charge in [0.05, 0.1) is 12.8 Å². The first kappa shape index (κ1) is 23.4. The second kappa shape index (κ2) is 9.64. The van der Waals surface area contributed by atoms with Crippen LogP contribution in [0, 0.1) is 5.82 Å². The molecule has 3 aromatic rings. The number of nitrogens with zero attached hydrogens (tertiary/aromatic N) is 3. The molecule has 0 radical (unpaired) electrons. The first-order valence-electron chi connectivity index (χ1n) is 9.74. The van der Waals surface area contributed by atoms with E-state index in [1.54, 1.807) is 24.3 Å². The molecule has 4 rings (SSSR count). The molecule has 0 amide bonds. The molecule has 11 heteroatoms. The lowest BCUT2D eigenvalue weighted by atomic mass is 10.1. The van der Waals surface area contributed by atoms with E-state index < -0.39 is 10.0 Å². The van der Waals surface area contributed by atoms with Gasteiger partial charge in [0.15, 0.2) is 5.13 Å². The van der Waals surface area contributed by atoms with Gasteiger partial charge in [-0.1, -0.05) is 27.5 Å². The zero-order valence-electron chi connectivity index (χ0n) is 17.1. The van der Waals surface area contributed by atoms with E-state index in [9.17, 15) is 12.8 Å². The van der Waals surface area contributed by atoms with Gasteiger partial charge in [-0.05, 0) is 42.0 Å². The molecule has 0 N–H and O–H groups in total. The Morgan fingerprint density at radius 3 is 2.62 bits per heavy atom. The summed E-state index contributed by atoms with van der Waals surface area (Å²) in [6.07, 6.45) is 0.477. The number of anilines is 1. The lowest BCUT2D eigenvalue weighted by Crippen LogP contribution is -2.48. The normalized spacial score (nSPS) is 15.2. The average molecular weight is 561 g/mol. The summed E-state index contributed by atoms with van der Waals surface area (Å²) in [7, 11) is -2.23. The predicted molar refractivity (Wildman–Crippen MR) is 128 cm³/mol. The van der Waals surface area contributed by atoms with Crippen molar-refractivity contribution in [3.8, 4) is 5.75 Å². The maximum Gasteiger partial charge on any atom is 0.246 e. The van der Waals surface area contributed by atoms with Crippen LogP contribution in [0.25, 0.3) is 0 Å². The lowest BCUT2D eigenvalue weighted by molar-refractivity contribution is 0.374. The van der Waals surface area contributed by atoms with E-state index in [1.165, 1.54) is 34.9 Å². The van der Waals surface area contributed by atoms with E-state index in [1.807, 2.05) is 5.38 Å². The van der Waals surface area contributed by atoms with Gasteiger partial charge in [0.25, 0.3) is 0 Å². The minimum atomic E-state index is -3.69. The third-order valence-corrected chi connectivity index (χ3v) is 8.68. The van der Waals surface area contributed by atoms with Gasteiger partial charge in [-0.3, -0.25) is 0 Å². The maximum absolute atomic E-state index is 13.6. The van der Waals surface area contributed by atoms with Gasteiger partial charge in [-0.15, -0.1) is 11.3 Å². The van der Waals surface area contributed by atoms with Gasteiger partial charge in [0.1, 0.15) is 16.5 Å². The predicted octanol–water partition coefficient (Wildman–Crippen LogP) is 4.81. The molecule has 0 unspecified atom stereocenters. The number of benzene rings is 2. The van der Waals surface area contributed by atoms with Crippen molar-refractivity contribution >= 4 is 54.0 Å². The number of halogens is 3. The summed E-state index contributed by atoms with van der Waals surface area (Å²) >= 11 is 10.8. The average Bonchev–Trinajstić information content (AvgIpc) is 3.21. The van der Waals surface area contributed by atoms with Gasteiger partial charge >= 0.3 is 0 Å². The van der Waals surface area contributed by atoms with Crippen LogP contribution in [-0.2, 0) is 16.4 Å². The molecule has 0 bridgehead atoms. The van der Waals surface area contributed by atoms with Crippen molar-refractivity contribution in [2.24, 2.45) is 0 Å². The molecule has 0 atom stereocenters. The number of thiazole rings is 1. The van der Waals surface area contributed by atoms with E-state index in [2.05, 4.69) is 25.8 Å². The second-order valence-electron chi connectivity index (χ2n) is 7.26. The Kier molecular flexibility index (Phi) is 7.06. The third kappa shape index (κ3) is 5.09. The van der Waals surface area contributed by atoms with Crippen molar-refractivity contribution in [3.63, 3.8) is 0 Å². The van der Waals surface area contributed by atoms with Crippen molar-refractivity contribution in [2.75, 3.05) is 38.2 Å². The van der Waals surface area contributed by atoms with Crippen molar-refractivity contribution < 1.29 is 17.5 Å². The van der Waals surface area contributed by atoms with Gasteiger partial charge in [0.2, 0.25) is 10.0 Å². The van der Waals surface area contributed by atoms with Gasteiger partial charge in [0, 0.05) is 47.5 Å². The van der Waals surface area contributed by atoms with Gasteiger partial charge in [-0.25, -0.2) is 17.8 Å². The summed E-state index contributed by atoms with van der Waals surface area (Å²) in [5, 5.41) is 3.11. The molecule has 2 heterocycles. The van der Waals surface area contributed by atoms with Crippen LogP contribution in [-0.4, -0.2) is 51.0 Å². The molecule has 1 aliphatic heterocycles. The highest BCUT2D eigenvalue weighted by molar-refractivity contribution is 9.10. The SMILES string of the molecule is COc1ccc(Br)cc1S(=O)(=O)N1CCN(c2nc(Cc3cc(F)cc(Cl)c3)cs2)CC1. The fourth-order valence-electron chi connectivity index (χ4n) is 3.56. The summed E-state index contributed by atoms with van der Waals surface area (Å²) in [5.74, 6) is -0.0555. The molecule has 0 saturated carbocycles. The Morgan fingerprint density at radius 2 is 1.94 bits per heavy atom. The smallest absolute Gasteiger partial charge is 0.246 e. The lowest BCUT2D eigenvalue weighted by Gasteiger charge is -2.34. The maximum atomic E-state index is 13.6. The number of ether oxygens (including phenoxy) is 1. The van der Waals surface area contributed by atoms with Crippen LogP contribution in [0.15, 0.2) is 51.1 Å². The Labute approximate surface area is 203 Å². The number of rotatable bonds is 6. The van der Waals surface area contributed by atoms with Gasteiger partial charge in [-0.2, -0.15) is 4.31 Å². The molecule has 6 nitrogen and oxygen atoms in total. The summed E-state index contributed by atoms with van der Waals surface area (Å²) in [6.45, 7) is 1.72. The Hall–Kier alpha value is -1.72. The number of methoxy groups -OCH3 is 1. The fourth-order valence-corrected chi connectivity index (χ4v) is 6.80. The van der Waals surface area contributed by atoms with Crippen LogP contribution in [0.4, 0.5) is 9.52 Å². The van der Waals surface area contributed by atoms with Gasteiger partial charge < -0.3 is 9.64 Å². The van der Waals surface area contributed by atoms with E-state index in [0.29, 0.717) is 47.8 Å². The minimum Gasteiger partial charge on any atom is -0.495 e. The molecule has 1 fully saturated rings. The summed E-state index contributed by atoms with van der Waals surface area (Å²) in [4.78, 5) is 6.87. The zero-order chi connectivity index (χ0) is 22.9. The molecule has 32 heavy (non-hydrogen) atoms. The highest BCUT2D eigenvalue weighted by atomic mass is 79.9. The molecular formula is C21H20BrClFN3O3S2. The first-order valence-corrected chi connectivity index (χ1v) is 13.2. The fraction of sp³-hybridized carbons (Fsp3) is 0.286. The van der Waals surface area contributed by atoms with Crippen LogP contribution >= 0.6 is 38.9 Å². The Balaban J connectivity index is 1.44. The number of sulfonamides is 1. The Morgan fingerprint density at radius 1 is 1.19 bits per heavy atom. The zero-order valence-corrected chi connectivity index (χ0v) is 21.1. The minimum absolute atomic E-state index is 0.146. The number of aromatic nitrogens is 1. The van der Waals surface area contributed by atoms with E-state index in [0.717, 1.165) is 16.4 Å². The van der Waals surface area contributed by atoms with Crippen molar-refractivity contribution in [1.82, 2.24) is 9.29 Å².